The number of hydrogen-bond donors (Lipinski definition) is 1. The summed E-state index contributed by atoms with van der Waals surface area (Å²) in [7, 11) is 0. The molecule has 0 aliphatic rings. The van der Waals surface area contributed by atoms with Crippen LogP contribution in [-0.2, 0) is 4.79 Å². The molecule has 0 fully saturated rings. The van der Waals surface area contributed by atoms with Gasteiger partial charge >= 0.3 is 5.97 Å². The van der Waals surface area contributed by atoms with Gasteiger partial charge in [-0.2, -0.15) is 0 Å². The zero-order valence-electron chi connectivity index (χ0n) is 8.04. The zero-order chi connectivity index (χ0) is 11.4. The molecule has 0 bridgehead atoms. The topological polar surface area (TPSA) is 46.5 Å². The predicted octanol–water partition coefficient (Wildman–Crippen LogP) is 3.09. The first-order valence-corrected chi connectivity index (χ1v) is 5.07. The second kappa shape index (κ2) is 5.24. The Balaban J connectivity index is 2.69. The highest BCUT2D eigenvalue weighted by atomic mass is 35.5. The summed E-state index contributed by atoms with van der Waals surface area (Å²) in [6, 6.07) is 4.96. The van der Waals surface area contributed by atoms with E-state index in [0.29, 0.717) is 15.8 Å². The number of benzene rings is 1. The van der Waals surface area contributed by atoms with Crippen molar-refractivity contribution < 1.29 is 14.6 Å². The minimum absolute atomic E-state index is 0.0405. The number of carboxylic acids is 1. The van der Waals surface area contributed by atoms with Crippen LogP contribution in [0.4, 0.5) is 0 Å². The number of carboxylic acid groups (broad SMARTS) is 1. The van der Waals surface area contributed by atoms with Crippen LogP contribution in [0.2, 0.25) is 10.0 Å². The largest absolute Gasteiger partial charge is 0.490 e. The monoisotopic (exact) mass is 248 g/mol. The summed E-state index contributed by atoms with van der Waals surface area (Å²) in [6.45, 7) is 1.59. The van der Waals surface area contributed by atoms with Crippen LogP contribution in [0, 0.1) is 5.92 Å². The second-order valence-corrected chi connectivity index (χ2v) is 3.92. The van der Waals surface area contributed by atoms with Crippen molar-refractivity contribution in [3.05, 3.63) is 28.2 Å². The van der Waals surface area contributed by atoms with E-state index < -0.39 is 11.9 Å². The van der Waals surface area contributed by atoms with Crippen molar-refractivity contribution in [3.8, 4) is 5.75 Å². The molecule has 0 aliphatic heterocycles. The minimum atomic E-state index is -0.918. The Morgan fingerprint density at radius 2 is 2.00 bits per heavy atom. The number of carbonyl (C=O) groups is 1. The van der Waals surface area contributed by atoms with Crippen molar-refractivity contribution in [2.75, 3.05) is 6.61 Å². The summed E-state index contributed by atoms with van der Waals surface area (Å²) in [5, 5.41) is 9.40. The molecule has 15 heavy (non-hydrogen) atoms. The molecule has 0 radical (unpaired) electrons. The summed E-state index contributed by atoms with van der Waals surface area (Å²) in [5.74, 6) is -1.19. The van der Waals surface area contributed by atoms with Crippen molar-refractivity contribution in [1.82, 2.24) is 0 Å². The fourth-order valence-electron chi connectivity index (χ4n) is 0.900. The first-order valence-electron chi connectivity index (χ1n) is 4.32. The molecule has 0 saturated heterocycles. The van der Waals surface area contributed by atoms with E-state index in [9.17, 15) is 4.79 Å². The lowest BCUT2D eigenvalue weighted by Crippen LogP contribution is -2.18. The van der Waals surface area contributed by atoms with E-state index in [1.807, 2.05) is 0 Å². The van der Waals surface area contributed by atoms with Crippen LogP contribution in [0.1, 0.15) is 6.92 Å². The normalized spacial score (nSPS) is 12.2. The lowest BCUT2D eigenvalue weighted by molar-refractivity contribution is -0.142. The molecule has 5 heteroatoms. The van der Waals surface area contributed by atoms with Gasteiger partial charge in [0.25, 0.3) is 0 Å². The molecule has 0 heterocycles. The lowest BCUT2D eigenvalue weighted by Gasteiger charge is -2.11. The van der Waals surface area contributed by atoms with Gasteiger partial charge in [0, 0.05) is 0 Å². The first-order chi connectivity index (χ1) is 7.02. The van der Waals surface area contributed by atoms with Crippen LogP contribution >= 0.6 is 23.2 Å². The molecule has 0 saturated carbocycles. The molecular weight excluding hydrogens is 239 g/mol. The highest BCUT2D eigenvalue weighted by Gasteiger charge is 2.14. The maximum Gasteiger partial charge on any atom is 0.309 e. The van der Waals surface area contributed by atoms with Crippen LogP contribution in [0.5, 0.6) is 5.75 Å². The minimum Gasteiger partial charge on any atom is -0.490 e. The SMILES string of the molecule is CC(COc1c(Cl)cccc1Cl)C(=O)O. The molecule has 0 aromatic heterocycles. The van der Waals surface area contributed by atoms with E-state index in [2.05, 4.69) is 0 Å². The van der Waals surface area contributed by atoms with Gasteiger partial charge in [-0.3, -0.25) is 4.79 Å². The second-order valence-electron chi connectivity index (χ2n) is 3.10. The van der Waals surface area contributed by atoms with Crippen LogP contribution in [0.15, 0.2) is 18.2 Å². The summed E-state index contributed by atoms with van der Waals surface area (Å²) < 4.78 is 5.25. The van der Waals surface area contributed by atoms with Gasteiger partial charge in [-0.1, -0.05) is 29.3 Å². The Morgan fingerprint density at radius 1 is 1.47 bits per heavy atom. The number of para-hydroxylation sites is 1. The van der Waals surface area contributed by atoms with Crippen LogP contribution in [-0.4, -0.2) is 17.7 Å². The quantitative estimate of drug-likeness (QED) is 0.891. The third kappa shape index (κ3) is 3.29. The fraction of sp³-hybridized carbons (Fsp3) is 0.300. The molecule has 1 unspecified atom stereocenters. The van der Waals surface area contributed by atoms with Crippen LogP contribution < -0.4 is 4.74 Å². The summed E-state index contributed by atoms with van der Waals surface area (Å²) in [5.41, 5.74) is 0. The molecule has 0 aliphatic carbocycles. The number of hydrogen-bond acceptors (Lipinski definition) is 2. The maximum absolute atomic E-state index is 10.5. The number of ether oxygens (including phenoxy) is 1. The summed E-state index contributed by atoms with van der Waals surface area (Å²) >= 11 is 11.7. The van der Waals surface area contributed by atoms with E-state index in [4.69, 9.17) is 33.0 Å². The van der Waals surface area contributed by atoms with Crippen molar-refractivity contribution in [2.45, 2.75) is 6.92 Å². The van der Waals surface area contributed by atoms with Gasteiger partial charge in [-0.05, 0) is 19.1 Å². The smallest absolute Gasteiger partial charge is 0.309 e. The van der Waals surface area contributed by atoms with Crippen molar-refractivity contribution in [3.63, 3.8) is 0 Å². The van der Waals surface area contributed by atoms with E-state index in [1.54, 1.807) is 25.1 Å². The van der Waals surface area contributed by atoms with Gasteiger partial charge < -0.3 is 9.84 Å². The van der Waals surface area contributed by atoms with Gasteiger partial charge in [-0.15, -0.1) is 0 Å². The molecule has 1 N–H and O–H groups in total. The maximum atomic E-state index is 10.5. The van der Waals surface area contributed by atoms with E-state index in [0.717, 1.165) is 0 Å². The molecule has 1 aromatic rings. The van der Waals surface area contributed by atoms with Gasteiger partial charge in [0.2, 0.25) is 0 Å². The van der Waals surface area contributed by atoms with Crippen molar-refractivity contribution in [1.29, 1.82) is 0 Å². The van der Waals surface area contributed by atoms with Crippen molar-refractivity contribution in [2.24, 2.45) is 5.92 Å². The van der Waals surface area contributed by atoms with Gasteiger partial charge in [0.05, 0.1) is 16.0 Å². The van der Waals surface area contributed by atoms with E-state index in [1.165, 1.54) is 0 Å². The third-order valence-electron chi connectivity index (χ3n) is 1.82. The number of rotatable bonds is 4. The average molecular weight is 249 g/mol. The Labute approximate surface area is 97.6 Å². The third-order valence-corrected chi connectivity index (χ3v) is 2.41. The molecular formula is C10H10Cl2O3. The summed E-state index contributed by atoms with van der Waals surface area (Å²) in [4.78, 5) is 10.5. The van der Waals surface area contributed by atoms with Crippen LogP contribution in [0.3, 0.4) is 0 Å². The first kappa shape index (κ1) is 12.1. The highest BCUT2D eigenvalue weighted by molar-refractivity contribution is 6.37. The van der Waals surface area contributed by atoms with Gasteiger partial charge in [-0.25, -0.2) is 0 Å². The Kier molecular flexibility index (Phi) is 4.24. The van der Waals surface area contributed by atoms with E-state index in [-0.39, 0.29) is 6.61 Å². The molecule has 3 nitrogen and oxygen atoms in total. The molecule has 0 amide bonds. The number of aliphatic carboxylic acids is 1. The lowest BCUT2D eigenvalue weighted by atomic mass is 10.2. The standard InChI is InChI=1S/C10H10Cl2O3/c1-6(10(13)14)5-15-9-7(11)3-2-4-8(9)12/h2-4,6H,5H2,1H3,(H,13,14). The highest BCUT2D eigenvalue weighted by Crippen LogP contribution is 2.32. The Bertz CT molecular complexity index is 345. The molecule has 1 atom stereocenters. The molecule has 1 rings (SSSR count). The van der Waals surface area contributed by atoms with Gasteiger partial charge in [0.1, 0.15) is 6.61 Å². The summed E-state index contributed by atoms with van der Waals surface area (Å²) in [6.07, 6.45) is 0. The van der Waals surface area contributed by atoms with E-state index >= 15 is 0 Å². The zero-order valence-corrected chi connectivity index (χ0v) is 9.55. The van der Waals surface area contributed by atoms with Crippen LogP contribution in [0.25, 0.3) is 0 Å². The Morgan fingerprint density at radius 3 is 2.47 bits per heavy atom. The molecule has 82 valence electrons. The van der Waals surface area contributed by atoms with Crippen molar-refractivity contribution >= 4 is 29.2 Å². The molecule has 0 spiro atoms. The Hall–Kier alpha value is -0.930. The molecule has 1 aromatic carbocycles. The predicted molar refractivity (Wildman–Crippen MR) is 58.8 cm³/mol. The fourth-order valence-corrected chi connectivity index (χ4v) is 1.41. The van der Waals surface area contributed by atoms with Gasteiger partial charge in [0.15, 0.2) is 5.75 Å². The number of halogens is 2. The average Bonchev–Trinajstić information content (AvgIpc) is 2.16.